The van der Waals surface area contributed by atoms with Crippen LogP contribution in [0.2, 0.25) is 0 Å². The highest BCUT2D eigenvalue weighted by Gasteiger charge is 2.21. The van der Waals surface area contributed by atoms with Gasteiger partial charge in [0.1, 0.15) is 0 Å². The van der Waals surface area contributed by atoms with E-state index in [0.717, 1.165) is 6.42 Å². The van der Waals surface area contributed by atoms with Crippen molar-refractivity contribution in [1.82, 2.24) is 14.8 Å². The van der Waals surface area contributed by atoms with Gasteiger partial charge in [-0.3, -0.25) is 9.40 Å². The summed E-state index contributed by atoms with van der Waals surface area (Å²) in [6, 6.07) is 3.40. The maximum Gasteiger partial charge on any atom is 0.281 e. The van der Waals surface area contributed by atoms with E-state index in [1.54, 1.807) is 37.0 Å². The average Bonchev–Trinajstić information content (AvgIpc) is 2.74. The van der Waals surface area contributed by atoms with Crippen LogP contribution in [0.5, 0.6) is 0 Å². The zero-order valence-corrected chi connectivity index (χ0v) is 13.1. The zero-order valence-electron chi connectivity index (χ0n) is 12.3. The molecule has 0 saturated heterocycles. The van der Waals surface area contributed by atoms with Gasteiger partial charge in [-0.1, -0.05) is 6.92 Å². The highest BCUT2D eigenvalue weighted by atomic mass is 32.2. The molecular weight excluding hydrogens is 290 g/mol. The number of hydrogen-bond donors (Lipinski definition) is 2. The van der Waals surface area contributed by atoms with Crippen LogP contribution in [0.3, 0.4) is 0 Å². The summed E-state index contributed by atoms with van der Waals surface area (Å²) in [4.78, 5) is 4.00. The third kappa shape index (κ3) is 3.52. The van der Waals surface area contributed by atoms with E-state index in [1.807, 2.05) is 6.92 Å². The third-order valence-electron chi connectivity index (χ3n) is 2.85. The highest BCUT2D eigenvalue weighted by molar-refractivity contribution is 7.92. The molecule has 0 fully saturated rings. The van der Waals surface area contributed by atoms with Crippen LogP contribution < -0.4 is 10.0 Å². The van der Waals surface area contributed by atoms with Crippen molar-refractivity contribution in [2.24, 2.45) is 7.05 Å². The van der Waals surface area contributed by atoms with Gasteiger partial charge in [0.25, 0.3) is 10.0 Å². The maximum atomic E-state index is 12.5. The topological polar surface area (TPSA) is 88.9 Å². The molecule has 0 spiro atoms. The molecule has 0 aliphatic heterocycles. The van der Waals surface area contributed by atoms with Crippen molar-refractivity contribution in [3.8, 4) is 0 Å². The first kappa shape index (κ1) is 15.3. The lowest BCUT2D eigenvalue weighted by molar-refractivity contribution is 0.598. The second-order valence-corrected chi connectivity index (χ2v) is 6.29. The molecule has 0 unspecified atom stereocenters. The molecule has 8 heteroatoms. The Labute approximate surface area is 124 Å². The quantitative estimate of drug-likeness (QED) is 0.848. The maximum absolute atomic E-state index is 12.5. The van der Waals surface area contributed by atoms with Gasteiger partial charge in [-0.2, -0.15) is 13.5 Å². The first-order chi connectivity index (χ1) is 9.94. The Morgan fingerprint density at radius 1 is 1.33 bits per heavy atom. The van der Waals surface area contributed by atoms with Gasteiger partial charge < -0.3 is 5.32 Å². The molecule has 2 aromatic heterocycles. The number of anilines is 2. The smallest absolute Gasteiger partial charge is 0.281 e. The molecule has 2 rings (SSSR count). The van der Waals surface area contributed by atoms with E-state index < -0.39 is 10.0 Å². The van der Waals surface area contributed by atoms with E-state index in [-0.39, 0.29) is 5.03 Å². The lowest BCUT2D eigenvalue weighted by Gasteiger charge is -2.11. The predicted molar refractivity (Wildman–Crippen MR) is 81.8 cm³/mol. The number of nitrogens with zero attached hydrogens (tertiary/aromatic N) is 3. The lowest BCUT2D eigenvalue weighted by Crippen LogP contribution is -2.17. The van der Waals surface area contributed by atoms with E-state index in [0.29, 0.717) is 23.6 Å². The minimum atomic E-state index is -3.76. The SMILES string of the molecule is CCCNc1cccnc1S(=O)(=O)Nc1cn(C)nc1C. The van der Waals surface area contributed by atoms with Gasteiger partial charge in [-0.25, -0.2) is 4.98 Å². The van der Waals surface area contributed by atoms with Crippen molar-refractivity contribution in [3.05, 3.63) is 30.2 Å². The van der Waals surface area contributed by atoms with E-state index in [2.05, 4.69) is 20.1 Å². The summed E-state index contributed by atoms with van der Waals surface area (Å²) in [6.45, 7) is 4.43. The molecular formula is C13H19N5O2S. The Balaban J connectivity index is 2.33. The molecule has 0 atom stereocenters. The van der Waals surface area contributed by atoms with Crippen molar-refractivity contribution in [3.63, 3.8) is 0 Å². The fraction of sp³-hybridized carbons (Fsp3) is 0.385. The van der Waals surface area contributed by atoms with E-state index in [9.17, 15) is 8.42 Å². The third-order valence-corrected chi connectivity index (χ3v) is 4.17. The number of aromatic nitrogens is 3. The number of nitrogens with one attached hydrogen (secondary N) is 2. The highest BCUT2D eigenvalue weighted by Crippen LogP contribution is 2.22. The molecule has 0 amide bonds. The summed E-state index contributed by atoms with van der Waals surface area (Å²) in [6.07, 6.45) is 3.97. The summed E-state index contributed by atoms with van der Waals surface area (Å²) in [5.74, 6) is 0. The van der Waals surface area contributed by atoms with E-state index >= 15 is 0 Å². The van der Waals surface area contributed by atoms with Gasteiger partial charge in [0.15, 0.2) is 5.03 Å². The summed E-state index contributed by atoms with van der Waals surface area (Å²) in [5, 5.41) is 7.17. The Hall–Kier alpha value is -2.09. The Morgan fingerprint density at radius 3 is 2.71 bits per heavy atom. The molecule has 2 N–H and O–H groups in total. The summed E-state index contributed by atoms with van der Waals surface area (Å²) < 4.78 is 29.1. The standard InChI is InChI=1S/C13H19N5O2S/c1-4-7-14-11-6-5-8-15-13(11)21(19,20)17-12-9-18(3)16-10(12)2/h5-6,8-9,14,17H,4,7H2,1-3H3. The molecule has 0 saturated carbocycles. The van der Waals surface area contributed by atoms with Gasteiger partial charge in [0, 0.05) is 26.0 Å². The molecule has 2 heterocycles. The van der Waals surface area contributed by atoms with Crippen LogP contribution >= 0.6 is 0 Å². The predicted octanol–water partition coefficient (Wildman–Crippen LogP) is 1.75. The largest absolute Gasteiger partial charge is 0.383 e. The first-order valence-electron chi connectivity index (χ1n) is 6.66. The van der Waals surface area contributed by atoms with E-state index in [1.165, 1.54) is 6.20 Å². The number of hydrogen-bond acceptors (Lipinski definition) is 5. The van der Waals surface area contributed by atoms with Crippen LogP contribution in [0.15, 0.2) is 29.6 Å². The van der Waals surface area contributed by atoms with E-state index in [4.69, 9.17) is 0 Å². The van der Waals surface area contributed by atoms with Gasteiger partial charge in [0.2, 0.25) is 0 Å². The monoisotopic (exact) mass is 309 g/mol. The van der Waals surface area contributed by atoms with Crippen molar-refractivity contribution in [2.75, 3.05) is 16.6 Å². The summed E-state index contributed by atoms with van der Waals surface area (Å²) in [5.41, 5.74) is 1.55. The Kier molecular flexibility index (Phi) is 4.46. The molecule has 0 radical (unpaired) electrons. The number of aryl methyl sites for hydroxylation is 2. The van der Waals surface area contributed by atoms with Crippen LogP contribution in [0, 0.1) is 6.92 Å². The Morgan fingerprint density at radius 2 is 2.10 bits per heavy atom. The molecule has 0 aliphatic carbocycles. The van der Waals surface area contributed by atoms with Crippen LogP contribution in [0.1, 0.15) is 19.0 Å². The second-order valence-electron chi connectivity index (χ2n) is 4.69. The van der Waals surface area contributed by atoms with Crippen LogP contribution in [0.25, 0.3) is 0 Å². The molecule has 114 valence electrons. The van der Waals surface area contributed by atoms with Gasteiger partial charge in [0.05, 0.1) is 17.1 Å². The lowest BCUT2D eigenvalue weighted by atomic mass is 10.4. The van der Waals surface area contributed by atoms with Crippen molar-refractivity contribution >= 4 is 21.4 Å². The normalized spacial score (nSPS) is 11.4. The fourth-order valence-corrected chi connectivity index (χ4v) is 3.11. The molecule has 0 aliphatic rings. The molecule has 7 nitrogen and oxygen atoms in total. The van der Waals surface area contributed by atoms with Crippen LogP contribution in [-0.4, -0.2) is 29.7 Å². The Bertz CT molecular complexity index is 724. The first-order valence-corrected chi connectivity index (χ1v) is 8.14. The second kappa shape index (κ2) is 6.13. The fourth-order valence-electron chi connectivity index (χ4n) is 1.89. The van der Waals surface area contributed by atoms with Gasteiger partial charge in [-0.05, 0) is 25.5 Å². The van der Waals surface area contributed by atoms with Gasteiger partial charge >= 0.3 is 0 Å². The van der Waals surface area contributed by atoms with Crippen LogP contribution in [0.4, 0.5) is 11.4 Å². The van der Waals surface area contributed by atoms with Gasteiger partial charge in [-0.15, -0.1) is 0 Å². The molecule has 0 bridgehead atoms. The van der Waals surface area contributed by atoms with Crippen LogP contribution in [-0.2, 0) is 17.1 Å². The summed E-state index contributed by atoms with van der Waals surface area (Å²) in [7, 11) is -2.02. The summed E-state index contributed by atoms with van der Waals surface area (Å²) >= 11 is 0. The number of rotatable bonds is 6. The van der Waals surface area contributed by atoms with Crippen molar-refractivity contribution in [1.29, 1.82) is 0 Å². The molecule has 2 aromatic rings. The number of sulfonamides is 1. The minimum absolute atomic E-state index is 0.0123. The molecule has 21 heavy (non-hydrogen) atoms. The molecule has 0 aromatic carbocycles. The average molecular weight is 309 g/mol. The van der Waals surface area contributed by atoms with Crippen molar-refractivity contribution in [2.45, 2.75) is 25.3 Å². The minimum Gasteiger partial charge on any atom is -0.383 e. The number of pyridine rings is 1. The zero-order chi connectivity index (χ0) is 15.5. The van der Waals surface area contributed by atoms with Crippen molar-refractivity contribution < 1.29 is 8.42 Å².